The number of benzene rings is 2. The van der Waals surface area contributed by atoms with Crippen LogP contribution >= 0.6 is 0 Å². The second kappa shape index (κ2) is 4.97. The lowest BCUT2D eigenvalue weighted by atomic mass is 10.1. The van der Waals surface area contributed by atoms with E-state index in [1.165, 1.54) is 0 Å². The molecule has 0 spiro atoms. The first kappa shape index (κ1) is 12.1. The minimum atomic E-state index is -0.490. The van der Waals surface area contributed by atoms with Gasteiger partial charge in [0.25, 0.3) is 0 Å². The van der Waals surface area contributed by atoms with E-state index in [1.54, 1.807) is 42.5 Å². The molecule has 0 aliphatic heterocycles. The standard InChI is InChI=1S/C15H11N3O2/c1-2-11-7-9-12(10-8-11)15(19)20-18-14-6-4-3-5-13(14)16-17-18/h2-10H,1H2. The van der Waals surface area contributed by atoms with Crippen molar-refractivity contribution in [1.29, 1.82) is 0 Å². The average molecular weight is 265 g/mol. The molecule has 0 amide bonds. The van der Waals surface area contributed by atoms with E-state index < -0.39 is 5.97 Å². The van der Waals surface area contributed by atoms with E-state index in [-0.39, 0.29) is 0 Å². The molecule has 1 heterocycles. The maximum absolute atomic E-state index is 12.0. The normalized spacial score (nSPS) is 10.4. The fraction of sp³-hybridized carbons (Fsp3) is 0. The number of hydrogen-bond acceptors (Lipinski definition) is 4. The first-order chi connectivity index (χ1) is 9.78. The number of para-hydroxylation sites is 1. The highest BCUT2D eigenvalue weighted by molar-refractivity contribution is 5.90. The van der Waals surface area contributed by atoms with E-state index in [4.69, 9.17) is 4.84 Å². The number of aromatic nitrogens is 3. The summed E-state index contributed by atoms with van der Waals surface area (Å²) in [6.45, 7) is 3.66. The molecule has 0 aliphatic rings. The van der Waals surface area contributed by atoms with E-state index in [0.717, 1.165) is 10.4 Å². The maximum Gasteiger partial charge on any atom is 0.365 e. The van der Waals surface area contributed by atoms with Gasteiger partial charge in [0.1, 0.15) is 11.0 Å². The van der Waals surface area contributed by atoms with Crippen LogP contribution in [0.25, 0.3) is 17.1 Å². The highest BCUT2D eigenvalue weighted by atomic mass is 16.7. The molecule has 0 unspecified atom stereocenters. The molecular weight excluding hydrogens is 254 g/mol. The van der Waals surface area contributed by atoms with Crippen LogP contribution in [-0.4, -0.2) is 21.1 Å². The maximum atomic E-state index is 12.0. The molecule has 0 radical (unpaired) electrons. The zero-order chi connectivity index (χ0) is 13.9. The van der Waals surface area contributed by atoms with Crippen molar-refractivity contribution in [3.63, 3.8) is 0 Å². The predicted octanol–water partition coefficient (Wildman–Crippen LogP) is 2.34. The van der Waals surface area contributed by atoms with Crippen LogP contribution in [0, 0.1) is 0 Å². The van der Waals surface area contributed by atoms with Crippen molar-refractivity contribution in [3.8, 4) is 0 Å². The number of carbonyl (C=O) groups is 1. The molecule has 0 bridgehead atoms. The Morgan fingerprint density at radius 1 is 1.15 bits per heavy atom. The minimum absolute atomic E-state index is 0.440. The largest absolute Gasteiger partial charge is 0.365 e. The number of rotatable bonds is 3. The van der Waals surface area contributed by atoms with Gasteiger partial charge in [0, 0.05) is 0 Å². The quantitative estimate of drug-likeness (QED) is 0.682. The van der Waals surface area contributed by atoms with Crippen molar-refractivity contribution in [3.05, 3.63) is 66.2 Å². The smallest absolute Gasteiger partial charge is 0.312 e. The van der Waals surface area contributed by atoms with Gasteiger partial charge in [-0.1, -0.05) is 41.8 Å². The highest BCUT2D eigenvalue weighted by Gasteiger charge is 2.11. The molecule has 98 valence electrons. The van der Waals surface area contributed by atoms with Crippen molar-refractivity contribution in [1.82, 2.24) is 15.2 Å². The van der Waals surface area contributed by atoms with Crippen LogP contribution in [0.2, 0.25) is 0 Å². The summed E-state index contributed by atoms with van der Waals surface area (Å²) < 4.78 is 0. The Bertz CT molecular complexity index is 775. The summed E-state index contributed by atoms with van der Waals surface area (Å²) in [5.41, 5.74) is 2.69. The van der Waals surface area contributed by atoms with Gasteiger partial charge < -0.3 is 4.84 Å². The molecule has 3 aromatic rings. The van der Waals surface area contributed by atoms with E-state index in [0.29, 0.717) is 16.6 Å². The molecule has 1 aromatic heterocycles. The highest BCUT2D eigenvalue weighted by Crippen LogP contribution is 2.10. The first-order valence-corrected chi connectivity index (χ1v) is 6.03. The summed E-state index contributed by atoms with van der Waals surface area (Å²) >= 11 is 0. The molecule has 0 N–H and O–H groups in total. The zero-order valence-electron chi connectivity index (χ0n) is 10.6. The third-order valence-corrected chi connectivity index (χ3v) is 2.87. The Morgan fingerprint density at radius 3 is 2.65 bits per heavy atom. The van der Waals surface area contributed by atoms with Crippen LogP contribution in [0.5, 0.6) is 0 Å². The van der Waals surface area contributed by atoms with Gasteiger partial charge in [0.05, 0.1) is 5.56 Å². The van der Waals surface area contributed by atoms with Gasteiger partial charge in [-0.05, 0) is 35.0 Å². The average Bonchev–Trinajstić information content (AvgIpc) is 2.91. The summed E-state index contributed by atoms with van der Waals surface area (Å²) in [7, 11) is 0. The number of carbonyl (C=O) groups excluding carboxylic acids is 1. The van der Waals surface area contributed by atoms with Gasteiger partial charge >= 0.3 is 5.97 Å². The van der Waals surface area contributed by atoms with Gasteiger partial charge in [-0.3, -0.25) is 0 Å². The summed E-state index contributed by atoms with van der Waals surface area (Å²) in [5.74, 6) is -0.490. The Balaban J connectivity index is 1.86. The van der Waals surface area contributed by atoms with Crippen LogP contribution in [0.15, 0.2) is 55.1 Å². The first-order valence-electron chi connectivity index (χ1n) is 6.03. The van der Waals surface area contributed by atoms with E-state index in [1.807, 2.05) is 12.1 Å². The summed E-state index contributed by atoms with van der Waals surface area (Å²) in [6, 6.07) is 14.2. The van der Waals surface area contributed by atoms with E-state index in [9.17, 15) is 4.79 Å². The Hall–Kier alpha value is -2.95. The SMILES string of the molecule is C=Cc1ccc(C(=O)On2nnc3ccccc32)cc1. The van der Waals surface area contributed by atoms with Crippen molar-refractivity contribution in [2.75, 3.05) is 0 Å². The van der Waals surface area contributed by atoms with Crippen molar-refractivity contribution < 1.29 is 9.63 Å². The molecular formula is C15H11N3O2. The molecule has 0 saturated heterocycles. The minimum Gasteiger partial charge on any atom is -0.312 e. The second-order valence-corrected chi connectivity index (χ2v) is 4.16. The summed E-state index contributed by atoms with van der Waals surface area (Å²) in [4.78, 5) is 18.3. The van der Waals surface area contributed by atoms with Crippen LogP contribution < -0.4 is 4.84 Å². The molecule has 20 heavy (non-hydrogen) atoms. The van der Waals surface area contributed by atoms with Gasteiger partial charge in [-0.2, -0.15) is 0 Å². The lowest BCUT2D eigenvalue weighted by molar-refractivity contribution is 0.0409. The molecule has 0 fully saturated rings. The van der Waals surface area contributed by atoms with Gasteiger partial charge in [0.2, 0.25) is 0 Å². The third-order valence-electron chi connectivity index (χ3n) is 2.87. The van der Waals surface area contributed by atoms with Crippen molar-refractivity contribution >= 4 is 23.1 Å². The second-order valence-electron chi connectivity index (χ2n) is 4.16. The van der Waals surface area contributed by atoms with Crippen LogP contribution in [-0.2, 0) is 0 Å². The predicted molar refractivity (Wildman–Crippen MR) is 75.0 cm³/mol. The summed E-state index contributed by atoms with van der Waals surface area (Å²) in [6.07, 6.45) is 1.71. The Labute approximate surface area is 115 Å². The molecule has 0 atom stereocenters. The molecule has 0 saturated carbocycles. The molecule has 3 rings (SSSR count). The van der Waals surface area contributed by atoms with E-state index >= 15 is 0 Å². The molecule has 5 nitrogen and oxygen atoms in total. The Morgan fingerprint density at radius 2 is 1.90 bits per heavy atom. The molecule has 0 aliphatic carbocycles. The topological polar surface area (TPSA) is 57.0 Å². The number of fused-ring (bicyclic) bond motifs is 1. The lowest BCUT2D eigenvalue weighted by Crippen LogP contribution is -2.20. The van der Waals surface area contributed by atoms with Crippen LogP contribution in [0.3, 0.4) is 0 Å². The van der Waals surface area contributed by atoms with Gasteiger partial charge in [-0.25, -0.2) is 4.79 Å². The fourth-order valence-corrected chi connectivity index (χ4v) is 1.80. The van der Waals surface area contributed by atoms with Crippen LogP contribution in [0.4, 0.5) is 0 Å². The van der Waals surface area contributed by atoms with Crippen LogP contribution in [0.1, 0.15) is 15.9 Å². The summed E-state index contributed by atoms with van der Waals surface area (Å²) in [5, 5.41) is 7.72. The molecule has 2 aromatic carbocycles. The number of nitrogens with zero attached hydrogens (tertiary/aromatic N) is 3. The van der Waals surface area contributed by atoms with E-state index in [2.05, 4.69) is 16.9 Å². The monoisotopic (exact) mass is 265 g/mol. The third kappa shape index (κ3) is 2.16. The number of hydrogen-bond donors (Lipinski definition) is 0. The molecule has 5 heteroatoms. The van der Waals surface area contributed by atoms with Crippen molar-refractivity contribution in [2.24, 2.45) is 0 Å². The Kier molecular flexibility index (Phi) is 3.01. The van der Waals surface area contributed by atoms with Crippen molar-refractivity contribution in [2.45, 2.75) is 0 Å². The van der Waals surface area contributed by atoms with Gasteiger partial charge in [0.15, 0.2) is 0 Å². The zero-order valence-corrected chi connectivity index (χ0v) is 10.6. The fourth-order valence-electron chi connectivity index (χ4n) is 1.80. The van der Waals surface area contributed by atoms with Gasteiger partial charge in [-0.15, -0.1) is 5.10 Å². The lowest BCUT2D eigenvalue weighted by Gasteiger charge is -2.03.